The average Bonchev–Trinajstić information content (AvgIpc) is 2.90. The van der Waals surface area contributed by atoms with Gasteiger partial charge in [-0.25, -0.2) is 0 Å². The van der Waals surface area contributed by atoms with E-state index in [9.17, 15) is 14.4 Å². The van der Waals surface area contributed by atoms with Crippen LogP contribution >= 0.6 is 11.8 Å². The van der Waals surface area contributed by atoms with Crippen LogP contribution < -0.4 is 14.8 Å². The highest BCUT2D eigenvalue weighted by Gasteiger charge is 2.34. The van der Waals surface area contributed by atoms with Crippen LogP contribution in [0.2, 0.25) is 0 Å². The van der Waals surface area contributed by atoms with Gasteiger partial charge >= 0.3 is 0 Å². The molecule has 0 aromatic heterocycles. The topological polar surface area (TPSA) is 94.2 Å². The van der Waals surface area contributed by atoms with Crippen molar-refractivity contribution in [2.75, 3.05) is 40.5 Å². The second-order valence-corrected chi connectivity index (χ2v) is 6.45. The number of rotatable bonds is 9. The van der Waals surface area contributed by atoms with Gasteiger partial charge in [-0.15, -0.1) is 0 Å². The van der Waals surface area contributed by atoms with Crippen LogP contribution in [0.3, 0.4) is 0 Å². The zero-order valence-corrected chi connectivity index (χ0v) is 16.3. The molecule has 3 amide bonds. The lowest BCUT2D eigenvalue weighted by Gasteiger charge is -2.12. The third-order valence-corrected chi connectivity index (χ3v) is 4.50. The van der Waals surface area contributed by atoms with Crippen molar-refractivity contribution >= 4 is 34.9 Å². The number of benzene rings is 1. The summed E-state index contributed by atoms with van der Waals surface area (Å²) in [5.41, 5.74) is 0.717. The number of methoxy groups -OCH3 is 2. The van der Waals surface area contributed by atoms with Gasteiger partial charge in [0.1, 0.15) is 6.61 Å². The molecule has 0 saturated carbocycles. The first-order chi connectivity index (χ1) is 13.0. The van der Waals surface area contributed by atoms with Crippen LogP contribution in [-0.2, 0) is 14.3 Å². The number of amides is 3. The molecule has 1 aliphatic heterocycles. The van der Waals surface area contributed by atoms with Gasteiger partial charge in [-0.05, 0) is 42.5 Å². The number of nitrogens with zero attached hydrogens (tertiary/aromatic N) is 1. The Morgan fingerprint density at radius 3 is 2.70 bits per heavy atom. The normalized spacial score (nSPS) is 15.4. The van der Waals surface area contributed by atoms with Gasteiger partial charge in [0.25, 0.3) is 11.1 Å². The maximum atomic E-state index is 12.5. The number of hydrogen-bond donors (Lipinski definition) is 1. The Balaban J connectivity index is 2.06. The lowest BCUT2D eigenvalue weighted by Crippen LogP contribution is -2.38. The molecule has 1 saturated heterocycles. The fourth-order valence-corrected chi connectivity index (χ4v) is 3.25. The molecule has 1 aromatic rings. The largest absolute Gasteiger partial charge is 0.493 e. The third kappa shape index (κ3) is 5.48. The van der Waals surface area contributed by atoms with Crippen molar-refractivity contribution in [3.63, 3.8) is 0 Å². The number of ether oxygens (including phenoxy) is 3. The third-order valence-electron chi connectivity index (χ3n) is 3.59. The van der Waals surface area contributed by atoms with Crippen LogP contribution in [-0.4, -0.2) is 62.5 Å². The smallest absolute Gasteiger partial charge is 0.293 e. The Bertz CT molecular complexity index is 749. The summed E-state index contributed by atoms with van der Waals surface area (Å²) < 4.78 is 15.5. The number of imide groups is 1. The Morgan fingerprint density at radius 2 is 2.04 bits per heavy atom. The first-order valence-electron chi connectivity index (χ1n) is 8.32. The second kappa shape index (κ2) is 9.98. The molecule has 146 valence electrons. The molecule has 0 atom stereocenters. The van der Waals surface area contributed by atoms with E-state index in [-0.39, 0.29) is 36.7 Å². The van der Waals surface area contributed by atoms with Crippen LogP contribution in [0.5, 0.6) is 11.5 Å². The SMILES string of the molecule is CCOc1ccc(C=C2SC(=O)N(CCNC(=O)COC)C2=O)cc1OC. The van der Waals surface area contributed by atoms with Gasteiger partial charge in [-0.1, -0.05) is 6.07 Å². The van der Waals surface area contributed by atoms with Crippen molar-refractivity contribution in [2.45, 2.75) is 6.92 Å². The zero-order valence-electron chi connectivity index (χ0n) is 15.4. The van der Waals surface area contributed by atoms with Crippen LogP contribution in [0.1, 0.15) is 12.5 Å². The van der Waals surface area contributed by atoms with Crippen molar-refractivity contribution in [1.82, 2.24) is 10.2 Å². The molecular weight excluding hydrogens is 372 g/mol. The van der Waals surface area contributed by atoms with E-state index in [0.717, 1.165) is 16.7 Å². The van der Waals surface area contributed by atoms with Gasteiger partial charge in [0, 0.05) is 20.2 Å². The molecule has 2 rings (SSSR count). The maximum Gasteiger partial charge on any atom is 0.293 e. The summed E-state index contributed by atoms with van der Waals surface area (Å²) in [5.74, 6) is 0.461. The predicted molar refractivity (Wildman–Crippen MR) is 102 cm³/mol. The van der Waals surface area contributed by atoms with E-state index < -0.39 is 0 Å². The second-order valence-electron chi connectivity index (χ2n) is 5.46. The molecule has 0 spiro atoms. The van der Waals surface area contributed by atoms with E-state index >= 15 is 0 Å². The van der Waals surface area contributed by atoms with Crippen LogP contribution in [0.4, 0.5) is 4.79 Å². The van der Waals surface area contributed by atoms with Crippen LogP contribution in [0.25, 0.3) is 6.08 Å². The molecule has 0 unspecified atom stereocenters. The summed E-state index contributed by atoms with van der Waals surface area (Å²) in [6.07, 6.45) is 1.63. The maximum absolute atomic E-state index is 12.5. The average molecular weight is 394 g/mol. The summed E-state index contributed by atoms with van der Waals surface area (Å²) in [7, 11) is 2.95. The summed E-state index contributed by atoms with van der Waals surface area (Å²) >= 11 is 0.863. The molecule has 0 bridgehead atoms. The Labute approximate surface area is 161 Å². The number of nitrogens with one attached hydrogen (secondary N) is 1. The quantitative estimate of drug-likeness (QED) is 0.639. The van der Waals surface area contributed by atoms with Crippen LogP contribution in [0, 0.1) is 0 Å². The van der Waals surface area contributed by atoms with Crippen molar-refractivity contribution in [2.24, 2.45) is 0 Å². The van der Waals surface area contributed by atoms with Gasteiger partial charge < -0.3 is 19.5 Å². The summed E-state index contributed by atoms with van der Waals surface area (Å²) in [4.78, 5) is 37.3. The van der Waals surface area contributed by atoms with Gasteiger partial charge in [0.15, 0.2) is 11.5 Å². The molecule has 1 N–H and O–H groups in total. The zero-order chi connectivity index (χ0) is 19.8. The molecule has 27 heavy (non-hydrogen) atoms. The first kappa shape index (κ1) is 20.8. The molecule has 0 aliphatic carbocycles. The number of thioether (sulfide) groups is 1. The number of carbonyl (C=O) groups is 3. The van der Waals surface area contributed by atoms with Crippen molar-refractivity contribution in [3.8, 4) is 11.5 Å². The monoisotopic (exact) mass is 394 g/mol. The molecular formula is C18H22N2O6S. The standard InChI is InChI=1S/C18H22N2O6S/c1-4-26-13-6-5-12(9-14(13)25-3)10-15-17(22)20(18(23)27-15)8-7-19-16(21)11-24-2/h5-6,9-10H,4,7-8,11H2,1-3H3,(H,19,21). The highest BCUT2D eigenvalue weighted by atomic mass is 32.2. The number of carbonyl (C=O) groups excluding carboxylic acids is 3. The minimum absolute atomic E-state index is 0.0681. The highest BCUT2D eigenvalue weighted by molar-refractivity contribution is 8.18. The highest BCUT2D eigenvalue weighted by Crippen LogP contribution is 2.34. The Morgan fingerprint density at radius 1 is 1.26 bits per heavy atom. The fourth-order valence-electron chi connectivity index (χ4n) is 2.38. The van der Waals surface area contributed by atoms with Crippen molar-refractivity contribution in [1.29, 1.82) is 0 Å². The molecule has 9 heteroatoms. The van der Waals surface area contributed by atoms with E-state index in [1.807, 2.05) is 6.92 Å². The van der Waals surface area contributed by atoms with E-state index in [0.29, 0.717) is 28.6 Å². The molecule has 1 heterocycles. The molecule has 1 aliphatic rings. The Kier molecular flexibility index (Phi) is 7.68. The van der Waals surface area contributed by atoms with E-state index in [2.05, 4.69) is 5.32 Å². The molecule has 0 radical (unpaired) electrons. The predicted octanol–water partition coefficient (Wildman–Crippen LogP) is 1.89. The summed E-state index contributed by atoms with van der Waals surface area (Å²) in [5, 5.41) is 2.21. The molecule has 1 fully saturated rings. The van der Waals surface area contributed by atoms with Crippen molar-refractivity contribution < 1.29 is 28.6 Å². The summed E-state index contributed by atoms with van der Waals surface area (Å²) in [6, 6.07) is 5.28. The summed E-state index contributed by atoms with van der Waals surface area (Å²) in [6.45, 7) is 2.59. The minimum atomic E-state index is -0.390. The lowest BCUT2D eigenvalue weighted by molar-refractivity contribution is -0.126. The van der Waals surface area contributed by atoms with Gasteiger partial charge in [0.2, 0.25) is 5.91 Å². The van der Waals surface area contributed by atoms with E-state index in [1.54, 1.807) is 24.3 Å². The molecule has 1 aromatic carbocycles. The first-order valence-corrected chi connectivity index (χ1v) is 9.13. The van der Waals surface area contributed by atoms with E-state index in [4.69, 9.17) is 14.2 Å². The van der Waals surface area contributed by atoms with Gasteiger partial charge in [-0.3, -0.25) is 19.3 Å². The minimum Gasteiger partial charge on any atom is -0.493 e. The van der Waals surface area contributed by atoms with Gasteiger partial charge in [0.05, 0.1) is 18.6 Å². The molecule has 8 nitrogen and oxygen atoms in total. The lowest BCUT2D eigenvalue weighted by atomic mass is 10.2. The fraction of sp³-hybridized carbons (Fsp3) is 0.389. The van der Waals surface area contributed by atoms with Crippen molar-refractivity contribution in [3.05, 3.63) is 28.7 Å². The number of hydrogen-bond acceptors (Lipinski definition) is 7. The van der Waals surface area contributed by atoms with E-state index in [1.165, 1.54) is 14.2 Å². The van der Waals surface area contributed by atoms with Gasteiger partial charge in [-0.2, -0.15) is 0 Å². The van der Waals surface area contributed by atoms with Crippen LogP contribution in [0.15, 0.2) is 23.1 Å². The Hall–Kier alpha value is -2.52.